The lowest BCUT2D eigenvalue weighted by atomic mass is 10.4. The highest BCUT2D eigenvalue weighted by Gasteiger charge is 2.48. The van der Waals surface area contributed by atoms with Gasteiger partial charge >= 0.3 is 17.1 Å². The second-order valence-electron chi connectivity index (χ2n) is 7.40. The molecule has 0 amide bonds. The van der Waals surface area contributed by atoms with Crippen molar-refractivity contribution in [2.45, 2.75) is 32.4 Å². The summed E-state index contributed by atoms with van der Waals surface area (Å²) >= 11 is 0. The molecule has 1 heterocycles. The summed E-state index contributed by atoms with van der Waals surface area (Å²) in [6, 6.07) is 18.2. The predicted octanol–water partition coefficient (Wildman–Crippen LogP) is 1.81. The van der Waals surface area contributed by atoms with Crippen molar-refractivity contribution >= 4 is 47.7 Å². The third kappa shape index (κ3) is 5.94. The molecule has 176 valence electrons. The van der Waals surface area contributed by atoms with E-state index in [0.717, 1.165) is 0 Å². The van der Waals surface area contributed by atoms with Crippen LogP contribution in [0.1, 0.15) is 20.3 Å². The van der Waals surface area contributed by atoms with E-state index in [0.29, 0.717) is 16.8 Å². The van der Waals surface area contributed by atoms with Crippen molar-refractivity contribution in [1.29, 1.82) is 0 Å². The van der Waals surface area contributed by atoms with Crippen LogP contribution in [0.5, 0.6) is 0 Å². The van der Waals surface area contributed by atoms with Crippen molar-refractivity contribution in [3.63, 3.8) is 0 Å². The average molecular weight is 517 g/mol. The normalized spacial score (nSPS) is 28.8. The first kappa shape index (κ1) is 25.2. The summed E-state index contributed by atoms with van der Waals surface area (Å²) in [6.07, 6.45) is 0.427. The van der Waals surface area contributed by atoms with Crippen molar-refractivity contribution in [3.05, 3.63) is 60.7 Å². The smallest absolute Gasteiger partial charge is 0.389 e. The highest BCUT2D eigenvalue weighted by atomic mass is 32.3. The first-order chi connectivity index (χ1) is 15.2. The molecular weight excluding hydrogens is 489 g/mol. The summed E-state index contributed by atoms with van der Waals surface area (Å²) in [6.45, 7) is 3.96. The van der Waals surface area contributed by atoms with Gasteiger partial charge in [0.15, 0.2) is 0 Å². The molecule has 0 N–H and O–H groups in total. The largest absolute Gasteiger partial charge is 0.390 e. The number of hydrogen-bond acceptors (Lipinski definition) is 8. The van der Waals surface area contributed by atoms with E-state index in [-0.39, 0.29) is 25.3 Å². The summed E-state index contributed by atoms with van der Waals surface area (Å²) in [5.41, 5.74) is 0. The van der Waals surface area contributed by atoms with E-state index in [1.165, 1.54) is 0 Å². The van der Waals surface area contributed by atoms with Crippen molar-refractivity contribution in [2.24, 2.45) is 0 Å². The Bertz CT molecular complexity index is 1010. The van der Waals surface area contributed by atoms with Crippen LogP contribution in [0.25, 0.3) is 0 Å². The lowest BCUT2D eigenvalue weighted by Crippen LogP contribution is -2.57. The van der Waals surface area contributed by atoms with Crippen LogP contribution in [-0.4, -0.2) is 52.3 Å². The van der Waals surface area contributed by atoms with Crippen molar-refractivity contribution in [1.82, 2.24) is 0 Å². The van der Waals surface area contributed by atoms with E-state index in [4.69, 9.17) is 16.6 Å². The van der Waals surface area contributed by atoms with Gasteiger partial charge in [0, 0.05) is 13.2 Å². The summed E-state index contributed by atoms with van der Waals surface area (Å²) < 4.78 is 75.1. The Morgan fingerprint density at radius 3 is 1.41 bits per heavy atom. The average Bonchev–Trinajstić information content (AvgIpc) is 2.76. The van der Waals surface area contributed by atoms with Gasteiger partial charge in [-0.25, -0.2) is 0 Å². The zero-order valence-corrected chi connectivity index (χ0v) is 21.7. The minimum atomic E-state index is -4.54. The van der Waals surface area contributed by atoms with Crippen molar-refractivity contribution in [2.75, 3.05) is 18.3 Å². The van der Waals surface area contributed by atoms with E-state index in [1.54, 1.807) is 74.5 Å². The Kier molecular flexibility index (Phi) is 8.09. The van der Waals surface area contributed by atoms with Crippen LogP contribution < -0.4 is 10.4 Å². The third-order valence-electron chi connectivity index (χ3n) is 5.13. The molecule has 1 aliphatic rings. The molecule has 0 spiro atoms. The van der Waals surface area contributed by atoms with Crippen LogP contribution in [0.15, 0.2) is 60.7 Å². The number of rotatable bonds is 4. The molecule has 0 aromatic heterocycles. The maximum absolute atomic E-state index is 12.9. The minimum Gasteiger partial charge on any atom is -0.390 e. The van der Waals surface area contributed by atoms with Gasteiger partial charge in [-0.15, -0.1) is 0 Å². The summed E-state index contributed by atoms with van der Waals surface area (Å²) in [7, 11) is -16.0. The molecule has 2 atom stereocenters. The molecule has 0 radical (unpaired) electrons. The van der Waals surface area contributed by atoms with Crippen LogP contribution in [-0.2, 0) is 36.8 Å². The van der Waals surface area contributed by atoms with Crippen LogP contribution >= 0.6 is 0 Å². The highest BCUT2D eigenvalue weighted by Crippen LogP contribution is 2.23. The van der Waals surface area contributed by atoms with E-state index in [1.807, 2.05) is 0 Å². The molecule has 0 bridgehead atoms. The van der Waals surface area contributed by atoms with E-state index in [2.05, 4.69) is 0 Å². The van der Waals surface area contributed by atoms with Gasteiger partial charge in [-0.3, -0.25) is 7.74 Å². The molecule has 1 saturated heterocycles. The molecule has 8 nitrogen and oxygen atoms in total. The molecule has 0 saturated carbocycles. The number of benzene rings is 2. The van der Waals surface area contributed by atoms with Gasteiger partial charge in [0.1, 0.15) is 0 Å². The topological polar surface area (TPSA) is 105 Å². The molecule has 2 aromatic carbocycles. The van der Waals surface area contributed by atoms with Crippen molar-refractivity contribution in [3.8, 4) is 0 Å². The van der Waals surface area contributed by atoms with Crippen LogP contribution in [0.3, 0.4) is 0 Å². The molecule has 1 aliphatic heterocycles. The van der Waals surface area contributed by atoms with Crippen LogP contribution in [0.2, 0.25) is 12.1 Å². The SMILES string of the molecule is CC[Si]1(c2ccccc2)OCCCO[Si](CC)(c2ccccc2)OS(=O)(=O)CS(=O)(=O)O1. The molecule has 32 heavy (non-hydrogen) atoms. The minimum absolute atomic E-state index is 0.209. The van der Waals surface area contributed by atoms with Crippen LogP contribution in [0.4, 0.5) is 0 Å². The van der Waals surface area contributed by atoms with Gasteiger partial charge in [-0.05, 0) is 28.9 Å². The Hall–Kier alpha value is -1.39. The zero-order valence-electron chi connectivity index (χ0n) is 18.1. The molecule has 2 unspecified atom stereocenters. The molecule has 0 aliphatic carbocycles. The summed E-state index contributed by atoms with van der Waals surface area (Å²) in [4.78, 5) is 0. The summed E-state index contributed by atoms with van der Waals surface area (Å²) in [5, 5.41) is -0.0801. The zero-order chi connectivity index (χ0) is 23.3. The monoisotopic (exact) mass is 516 g/mol. The fourth-order valence-electron chi connectivity index (χ4n) is 3.59. The second-order valence-corrected chi connectivity index (χ2v) is 18.1. The lowest BCUT2D eigenvalue weighted by Gasteiger charge is -2.32. The third-order valence-corrected chi connectivity index (χ3v) is 17.3. The summed E-state index contributed by atoms with van der Waals surface area (Å²) in [5.74, 6) is 0. The molecular formula is C20H28O8S2Si2. The Morgan fingerprint density at radius 1 is 0.688 bits per heavy atom. The highest BCUT2D eigenvalue weighted by molar-refractivity contribution is 8.04. The Labute approximate surface area is 192 Å². The number of hydrogen-bond donors (Lipinski definition) is 0. The standard InChI is InChI=1S/C20H28O8S2Si2/c1-3-31(19-12-7-5-8-13-19)25-16-11-17-26-32(4-2,20-14-9-6-10-15-20)28-30(23,24)18-29(21,22)27-31/h5-10,12-15H,3-4,11,16-18H2,1-2H3. The van der Waals surface area contributed by atoms with E-state index < -0.39 is 42.4 Å². The van der Waals surface area contributed by atoms with Gasteiger partial charge in [0.05, 0.1) is 0 Å². The quantitative estimate of drug-likeness (QED) is 0.567. The van der Waals surface area contributed by atoms with Gasteiger partial charge in [0.2, 0.25) is 5.08 Å². The Balaban J connectivity index is 2.00. The van der Waals surface area contributed by atoms with E-state index >= 15 is 0 Å². The van der Waals surface area contributed by atoms with Gasteiger partial charge in [-0.1, -0.05) is 74.5 Å². The fourth-order valence-corrected chi connectivity index (χ4v) is 15.5. The van der Waals surface area contributed by atoms with Gasteiger partial charge < -0.3 is 8.85 Å². The predicted molar refractivity (Wildman–Crippen MR) is 126 cm³/mol. The maximum atomic E-state index is 12.9. The molecule has 2 aromatic rings. The first-order valence-electron chi connectivity index (χ1n) is 10.4. The molecule has 12 heteroatoms. The van der Waals surface area contributed by atoms with E-state index in [9.17, 15) is 16.8 Å². The Morgan fingerprint density at radius 2 is 1.06 bits per heavy atom. The first-order valence-corrected chi connectivity index (χ1v) is 17.6. The molecule has 3 rings (SSSR count). The fraction of sp³-hybridized carbons (Fsp3) is 0.400. The lowest BCUT2D eigenvalue weighted by molar-refractivity contribution is 0.195. The molecule has 1 fully saturated rings. The van der Waals surface area contributed by atoms with Crippen LogP contribution in [0, 0.1) is 0 Å². The van der Waals surface area contributed by atoms with Crippen molar-refractivity contribution < 1.29 is 33.4 Å². The second kappa shape index (κ2) is 10.3. The maximum Gasteiger partial charge on any atom is 0.389 e. The van der Waals surface area contributed by atoms with Gasteiger partial charge in [-0.2, -0.15) is 16.8 Å². The van der Waals surface area contributed by atoms with Gasteiger partial charge in [0.25, 0.3) is 20.2 Å².